The Morgan fingerprint density at radius 3 is 2.73 bits per heavy atom. The van der Waals surface area contributed by atoms with Crippen LogP contribution in [0.25, 0.3) is 0 Å². The molecule has 0 radical (unpaired) electrons. The highest BCUT2D eigenvalue weighted by atomic mass is 15.1. The fourth-order valence-corrected chi connectivity index (χ4v) is 0.751. The van der Waals surface area contributed by atoms with Crippen molar-refractivity contribution in [3.63, 3.8) is 0 Å². The zero-order valence-corrected chi connectivity index (χ0v) is 7.30. The Morgan fingerprint density at radius 1 is 1.73 bits per heavy atom. The SMILES string of the molecule is C#CCN(/C=C\C)C(=C)CC. The number of hydrogen-bond donors (Lipinski definition) is 0. The van der Waals surface area contributed by atoms with Gasteiger partial charge < -0.3 is 4.90 Å². The molecule has 0 aliphatic rings. The zero-order valence-electron chi connectivity index (χ0n) is 7.30. The molecule has 0 spiro atoms. The summed E-state index contributed by atoms with van der Waals surface area (Å²) in [7, 11) is 0. The van der Waals surface area contributed by atoms with Gasteiger partial charge in [-0.1, -0.05) is 25.5 Å². The van der Waals surface area contributed by atoms with Crippen molar-refractivity contribution in [3.8, 4) is 12.3 Å². The Kier molecular flexibility index (Phi) is 5.02. The highest BCUT2D eigenvalue weighted by molar-refractivity contribution is 5.04. The predicted octanol–water partition coefficient (Wildman–Crippen LogP) is 2.38. The quantitative estimate of drug-likeness (QED) is 0.555. The average Bonchev–Trinajstić information content (AvgIpc) is 2.03. The van der Waals surface area contributed by atoms with E-state index < -0.39 is 0 Å². The van der Waals surface area contributed by atoms with Gasteiger partial charge in [-0.2, -0.15) is 0 Å². The lowest BCUT2D eigenvalue weighted by Gasteiger charge is -2.18. The average molecular weight is 149 g/mol. The third-order valence-corrected chi connectivity index (χ3v) is 1.40. The van der Waals surface area contributed by atoms with Crippen molar-refractivity contribution >= 4 is 0 Å². The first-order valence-corrected chi connectivity index (χ1v) is 3.77. The van der Waals surface area contributed by atoms with Crippen molar-refractivity contribution in [2.24, 2.45) is 0 Å². The van der Waals surface area contributed by atoms with Crippen LogP contribution < -0.4 is 0 Å². The van der Waals surface area contributed by atoms with Gasteiger partial charge in [-0.3, -0.25) is 0 Å². The van der Waals surface area contributed by atoms with Crippen molar-refractivity contribution in [3.05, 3.63) is 24.6 Å². The maximum Gasteiger partial charge on any atom is 0.0831 e. The maximum atomic E-state index is 5.19. The van der Waals surface area contributed by atoms with Crippen LogP contribution >= 0.6 is 0 Å². The van der Waals surface area contributed by atoms with E-state index in [9.17, 15) is 0 Å². The molecule has 0 heterocycles. The molecule has 0 atom stereocenters. The summed E-state index contributed by atoms with van der Waals surface area (Å²) in [4.78, 5) is 1.97. The van der Waals surface area contributed by atoms with Gasteiger partial charge >= 0.3 is 0 Å². The monoisotopic (exact) mass is 149 g/mol. The Morgan fingerprint density at radius 2 is 2.36 bits per heavy atom. The second kappa shape index (κ2) is 5.61. The van der Waals surface area contributed by atoms with Crippen molar-refractivity contribution in [2.45, 2.75) is 20.3 Å². The third kappa shape index (κ3) is 3.52. The van der Waals surface area contributed by atoms with Crippen LogP contribution in [0.2, 0.25) is 0 Å². The molecule has 60 valence electrons. The van der Waals surface area contributed by atoms with E-state index in [4.69, 9.17) is 6.42 Å². The van der Waals surface area contributed by atoms with Gasteiger partial charge in [0, 0.05) is 11.9 Å². The van der Waals surface area contributed by atoms with Crippen molar-refractivity contribution in [2.75, 3.05) is 6.54 Å². The van der Waals surface area contributed by atoms with Crippen LogP contribution in [0.5, 0.6) is 0 Å². The molecular weight excluding hydrogens is 134 g/mol. The van der Waals surface area contributed by atoms with Gasteiger partial charge in [0.1, 0.15) is 0 Å². The Hall–Kier alpha value is -1.16. The molecule has 0 aliphatic heterocycles. The fourth-order valence-electron chi connectivity index (χ4n) is 0.751. The van der Waals surface area contributed by atoms with Crippen LogP contribution in [0.15, 0.2) is 24.6 Å². The largest absolute Gasteiger partial charge is 0.341 e. The summed E-state index contributed by atoms with van der Waals surface area (Å²) in [6.07, 6.45) is 10.0. The van der Waals surface area contributed by atoms with E-state index in [1.165, 1.54) is 0 Å². The smallest absolute Gasteiger partial charge is 0.0831 e. The summed E-state index contributed by atoms with van der Waals surface area (Å²) in [6.45, 7) is 8.53. The van der Waals surface area contributed by atoms with E-state index in [1.807, 2.05) is 24.1 Å². The fraction of sp³-hybridized carbons (Fsp3) is 0.400. The number of allylic oxidation sites excluding steroid dienone is 2. The van der Waals surface area contributed by atoms with E-state index in [-0.39, 0.29) is 0 Å². The number of hydrogen-bond acceptors (Lipinski definition) is 1. The molecule has 0 saturated carbocycles. The molecule has 11 heavy (non-hydrogen) atoms. The lowest BCUT2D eigenvalue weighted by Crippen LogP contribution is -2.15. The van der Waals surface area contributed by atoms with Crippen LogP contribution in [0.1, 0.15) is 20.3 Å². The lowest BCUT2D eigenvalue weighted by molar-refractivity contribution is 0.508. The molecule has 0 aliphatic carbocycles. The standard InChI is InChI=1S/C10H15N/c1-5-8-11(9-6-2)10(4)7-3/h1,6,9H,4,7-8H2,2-3H3/b9-6-. The van der Waals surface area contributed by atoms with Gasteiger partial charge in [0.15, 0.2) is 0 Å². The highest BCUT2D eigenvalue weighted by Crippen LogP contribution is 2.05. The summed E-state index contributed by atoms with van der Waals surface area (Å²) in [5, 5.41) is 0. The first-order chi connectivity index (χ1) is 5.26. The second-order valence-corrected chi connectivity index (χ2v) is 2.23. The Bertz CT molecular complexity index is 184. The molecule has 1 nitrogen and oxygen atoms in total. The molecule has 0 N–H and O–H groups in total. The molecule has 0 aromatic rings. The molecule has 0 unspecified atom stereocenters. The van der Waals surface area contributed by atoms with E-state index in [0.29, 0.717) is 6.54 Å². The molecular formula is C10H15N. The molecule has 0 amide bonds. The van der Waals surface area contributed by atoms with Crippen molar-refractivity contribution in [1.29, 1.82) is 0 Å². The van der Waals surface area contributed by atoms with Gasteiger partial charge in [0.25, 0.3) is 0 Å². The van der Waals surface area contributed by atoms with Gasteiger partial charge in [-0.05, 0) is 13.3 Å². The van der Waals surface area contributed by atoms with Crippen LogP contribution in [0.4, 0.5) is 0 Å². The third-order valence-electron chi connectivity index (χ3n) is 1.40. The topological polar surface area (TPSA) is 3.24 Å². The van der Waals surface area contributed by atoms with Gasteiger partial charge in [-0.15, -0.1) is 6.42 Å². The summed E-state index contributed by atoms with van der Waals surface area (Å²) in [6, 6.07) is 0. The molecule has 0 bridgehead atoms. The molecule has 0 aromatic carbocycles. The van der Waals surface area contributed by atoms with Crippen LogP contribution in [-0.4, -0.2) is 11.4 Å². The van der Waals surface area contributed by atoms with E-state index in [0.717, 1.165) is 12.1 Å². The molecule has 1 heteroatoms. The molecule has 0 fully saturated rings. The van der Waals surface area contributed by atoms with E-state index in [2.05, 4.69) is 19.4 Å². The van der Waals surface area contributed by atoms with Crippen molar-refractivity contribution in [1.82, 2.24) is 4.90 Å². The van der Waals surface area contributed by atoms with E-state index >= 15 is 0 Å². The first kappa shape index (κ1) is 9.84. The minimum Gasteiger partial charge on any atom is -0.341 e. The number of terminal acetylenes is 1. The van der Waals surface area contributed by atoms with Crippen LogP contribution in [-0.2, 0) is 0 Å². The summed E-state index contributed by atoms with van der Waals surface area (Å²) >= 11 is 0. The van der Waals surface area contributed by atoms with E-state index in [1.54, 1.807) is 0 Å². The minimum absolute atomic E-state index is 0.608. The normalized spacial score (nSPS) is 9.55. The molecule has 0 aromatic heterocycles. The van der Waals surface area contributed by atoms with Crippen LogP contribution in [0, 0.1) is 12.3 Å². The summed E-state index contributed by atoms with van der Waals surface area (Å²) < 4.78 is 0. The lowest BCUT2D eigenvalue weighted by atomic mass is 10.3. The molecule has 0 saturated heterocycles. The van der Waals surface area contributed by atoms with Gasteiger partial charge in [-0.25, -0.2) is 0 Å². The van der Waals surface area contributed by atoms with Gasteiger partial charge in [0.2, 0.25) is 0 Å². The number of nitrogens with zero attached hydrogens (tertiary/aromatic N) is 1. The summed E-state index contributed by atoms with van der Waals surface area (Å²) in [5.41, 5.74) is 1.06. The Labute approximate surface area is 69.4 Å². The van der Waals surface area contributed by atoms with Crippen LogP contribution in [0.3, 0.4) is 0 Å². The zero-order chi connectivity index (χ0) is 8.69. The maximum absolute atomic E-state index is 5.19. The van der Waals surface area contributed by atoms with Crippen molar-refractivity contribution < 1.29 is 0 Å². The predicted molar refractivity (Wildman–Crippen MR) is 49.8 cm³/mol. The highest BCUT2D eigenvalue weighted by Gasteiger charge is 1.97. The Balaban J connectivity index is 4.11. The molecule has 0 rings (SSSR count). The second-order valence-electron chi connectivity index (χ2n) is 2.23. The number of rotatable bonds is 4. The minimum atomic E-state index is 0.608. The van der Waals surface area contributed by atoms with Gasteiger partial charge in [0.05, 0.1) is 6.54 Å². The first-order valence-electron chi connectivity index (χ1n) is 3.77. The summed E-state index contributed by atoms with van der Waals surface area (Å²) in [5.74, 6) is 2.58.